The van der Waals surface area contributed by atoms with Crippen LogP contribution in [0.4, 0.5) is 11.4 Å². The van der Waals surface area contributed by atoms with E-state index in [0.29, 0.717) is 17.8 Å². The molecule has 2 N–H and O–H groups in total. The van der Waals surface area contributed by atoms with Gasteiger partial charge < -0.3 is 15.4 Å². The fourth-order valence-electron chi connectivity index (χ4n) is 1.79. The highest BCUT2D eigenvalue weighted by Gasteiger charge is 2.11. The third kappa shape index (κ3) is 3.03. The first-order chi connectivity index (χ1) is 9.11. The van der Waals surface area contributed by atoms with Crippen molar-refractivity contribution in [3.63, 3.8) is 0 Å². The van der Waals surface area contributed by atoms with Gasteiger partial charge in [-0.25, -0.2) is 9.78 Å². The first kappa shape index (κ1) is 13.4. The smallest absolute Gasteiger partial charge is 0.337 e. The van der Waals surface area contributed by atoms with E-state index in [1.807, 2.05) is 23.4 Å². The van der Waals surface area contributed by atoms with Crippen LogP contribution in [-0.4, -0.2) is 25.1 Å². The lowest BCUT2D eigenvalue weighted by Gasteiger charge is -2.20. The van der Waals surface area contributed by atoms with Crippen LogP contribution in [0.25, 0.3) is 0 Å². The molecule has 0 aliphatic rings. The highest BCUT2D eigenvalue weighted by molar-refractivity contribution is 7.07. The maximum Gasteiger partial charge on any atom is 0.337 e. The highest BCUT2D eigenvalue weighted by Crippen LogP contribution is 2.25. The Kier molecular flexibility index (Phi) is 4.01. The fraction of sp³-hybridized carbons (Fsp3) is 0.231. The van der Waals surface area contributed by atoms with Crippen molar-refractivity contribution < 1.29 is 9.53 Å². The number of rotatable bonds is 4. The van der Waals surface area contributed by atoms with Gasteiger partial charge >= 0.3 is 5.97 Å². The number of nitrogens with zero attached hydrogens (tertiary/aromatic N) is 2. The summed E-state index contributed by atoms with van der Waals surface area (Å²) in [6.07, 6.45) is 0. The maximum absolute atomic E-state index is 11.4. The second-order valence-electron chi connectivity index (χ2n) is 4.10. The molecule has 0 atom stereocenters. The number of benzene rings is 1. The summed E-state index contributed by atoms with van der Waals surface area (Å²) < 4.78 is 4.66. The van der Waals surface area contributed by atoms with Crippen LogP contribution in [0.1, 0.15) is 16.1 Å². The van der Waals surface area contributed by atoms with Gasteiger partial charge in [0.2, 0.25) is 0 Å². The molecular formula is C13H15N3O2S. The Morgan fingerprint density at radius 3 is 2.89 bits per heavy atom. The van der Waals surface area contributed by atoms with Gasteiger partial charge in [-0.15, -0.1) is 11.3 Å². The Balaban J connectivity index is 2.18. The number of thiazole rings is 1. The molecule has 6 heteroatoms. The molecule has 5 nitrogen and oxygen atoms in total. The molecule has 0 bridgehead atoms. The topological polar surface area (TPSA) is 68.5 Å². The number of hydrogen-bond acceptors (Lipinski definition) is 6. The minimum Gasteiger partial charge on any atom is -0.465 e. The molecular weight excluding hydrogens is 262 g/mol. The molecule has 0 radical (unpaired) electrons. The van der Waals surface area contributed by atoms with Gasteiger partial charge in [0.15, 0.2) is 0 Å². The van der Waals surface area contributed by atoms with E-state index in [4.69, 9.17) is 5.73 Å². The van der Waals surface area contributed by atoms with Crippen molar-refractivity contribution in [3.8, 4) is 0 Å². The highest BCUT2D eigenvalue weighted by atomic mass is 32.1. The second-order valence-corrected chi connectivity index (χ2v) is 4.82. The molecule has 0 aliphatic carbocycles. The zero-order valence-electron chi connectivity index (χ0n) is 10.8. The summed E-state index contributed by atoms with van der Waals surface area (Å²) >= 11 is 1.56. The van der Waals surface area contributed by atoms with Gasteiger partial charge in [-0.05, 0) is 18.2 Å². The van der Waals surface area contributed by atoms with Crippen molar-refractivity contribution in [3.05, 3.63) is 40.3 Å². The quantitative estimate of drug-likeness (QED) is 0.685. The van der Waals surface area contributed by atoms with Crippen molar-refractivity contribution in [2.75, 3.05) is 24.8 Å². The first-order valence-corrected chi connectivity index (χ1v) is 6.62. The number of hydrogen-bond donors (Lipinski definition) is 1. The van der Waals surface area contributed by atoms with Crippen LogP contribution >= 0.6 is 11.3 Å². The number of methoxy groups -OCH3 is 1. The number of carbonyl (C=O) groups is 1. The molecule has 2 rings (SSSR count). The van der Waals surface area contributed by atoms with E-state index < -0.39 is 0 Å². The number of anilines is 2. The molecule has 100 valence electrons. The third-order valence-electron chi connectivity index (χ3n) is 2.74. The Morgan fingerprint density at radius 2 is 2.32 bits per heavy atom. The Hall–Kier alpha value is -2.08. The number of nitrogen functional groups attached to an aromatic ring is 1. The van der Waals surface area contributed by atoms with E-state index in [1.165, 1.54) is 7.11 Å². The van der Waals surface area contributed by atoms with E-state index in [2.05, 4.69) is 9.72 Å². The summed E-state index contributed by atoms with van der Waals surface area (Å²) in [5.74, 6) is -0.389. The molecule has 1 aromatic heterocycles. The average Bonchev–Trinajstić information content (AvgIpc) is 2.90. The number of ether oxygens (including phenoxy) is 1. The summed E-state index contributed by atoms with van der Waals surface area (Å²) in [5, 5.41) is 2.00. The molecule has 1 heterocycles. The average molecular weight is 277 g/mol. The first-order valence-electron chi connectivity index (χ1n) is 5.68. The van der Waals surface area contributed by atoms with E-state index in [0.717, 1.165) is 11.4 Å². The van der Waals surface area contributed by atoms with E-state index in [-0.39, 0.29) is 5.97 Å². The van der Waals surface area contributed by atoms with E-state index in [9.17, 15) is 4.79 Å². The largest absolute Gasteiger partial charge is 0.465 e. The zero-order chi connectivity index (χ0) is 13.8. The summed E-state index contributed by atoms with van der Waals surface area (Å²) in [6, 6.07) is 5.14. The molecule has 0 fully saturated rings. The predicted molar refractivity (Wildman–Crippen MR) is 76.4 cm³/mol. The van der Waals surface area contributed by atoms with Gasteiger partial charge in [-0.1, -0.05) is 0 Å². The van der Waals surface area contributed by atoms with Crippen LogP contribution in [0, 0.1) is 0 Å². The molecule has 1 aromatic carbocycles. The summed E-state index contributed by atoms with van der Waals surface area (Å²) in [5.41, 5.74) is 10.6. The van der Waals surface area contributed by atoms with Crippen LogP contribution in [0.15, 0.2) is 29.1 Å². The summed E-state index contributed by atoms with van der Waals surface area (Å²) in [6.45, 7) is 0.672. The Labute approximate surface area is 115 Å². The van der Waals surface area contributed by atoms with E-state index in [1.54, 1.807) is 29.0 Å². The molecule has 0 unspecified atom stereocenters. The molecule has 0 saturated carbocycles. The van der Waals surface area contributed by atoms with Crippen molar-refractivity contribution in [1.82, 2.24) is 4.98 Å². The normalized spacial score (nSPS) is 10.2. The van der Waals surface area contributed by atoms with Crippen molar-refractivity contribution in [1.29, 1.82) is 0 Å². The number of carbonyl (C=O) groups excluding carboxylic acids is 1. The summed E-state index contributed by atoms with van der Waals surface area (Å²) in [4.78, 5) is 17.6. The Morgan fingerprint density at radius 1 is 1.53 bits per heavy atom. The van der Waals surface area contributed by atoms with Crippen molar-refractivity contribution in [2.45, 2.75) is 6.54 Å². The molecule has 19 heavy (non-hydrogen) atoms. The van der Waals surface area contributed by atoms with Gasteiger partial charge in [-0.3, -0.25) is 0 Å². The van der Waals surface area contributed by atoms with Crippen LogP contribution in [0.2, 0.25) is 0 Å². The van der Waals surface area contributed by atoms with E-state index >= 15 is 0 Å². The van der Waals surface area contributed by atoms with Gasteiger partial charge in [0, 0.05) is 12.4 Å². The van der Waals surface area contributed by atoms with Gasteiger partial charge in [0.1, 0.15) is 0 Å². The molecule has 2 aromatic rings. The number of nitrogens with two attached hydrogens (primary N) is 1. The van der Waals surface area contributed by atoms with Gasteiger partial charge in [-0.2, -0.15) is 0 Å². The lowest BCUT2D eigenvalue weighted by atomic mass is 10.1. The van der Waals surface area contributed by atoms with Gasteiger partial charge in [0.05, 0.1) is 41.8 Å². The maximum atomic E-state index is 11.4. The lowest BCUT2D eigenvalue weighted by molar-refractivity contribution is 0.0601. The van der Waals surface area contributed by atoms with Gasteiger partial charge in [0.25, 0.3) is 0 Å². The zero-order valence-corrected chi connectivity index (χ0v) is 11.6. The van der Waals surface area contributed by atoms with Crippen LogP contribution < -0.4 is 10.6 Å². The SMILES string of the molecule is COC(=O)c1ccc(N(C)Cc2cscn2)c(N)c1. The minimum absolute atomic E-state index is 0.389. The Bertz CT molecular complexity index is 569. The second kappa shape index (κ2) is 5.71. The minimum atomic E-state index is -0.389. The lowest BCUT2D eigenvalue weighted by Crippen LogP contribution is -2.18. The van der Waals surface area contributed by atoms with Crippen molar-refractivity contribution in [2.24, 2.45) is 0 Å². The summed E-state index contributed by atoms with van der Waals surface area (Å²) in [7, 11) is 3.28. The standard InChI is InChI=1S/C13H15N3O2S/c1-16(6-10-7-19-8-15-10)12-4-3-9(5-11(12)14)13(17)18-2/h3-5,7-8H,6,14H2,1-2H3. The number of esters is 1. The fourth-order valence-corrected chi connectivity index (χ4v) is 2.34. The van der Waals surface area contributed by atoms with Crippen molar-refractivity contribution >= 4 is 28.7 Å². The monoisotopic (exact) mass is 277 g/mol. The van der Waals surface area contributed by atoms with Crippen LogP contribution in [0.3, 0.4) is 0 Å². The molecule has 0 aliphatic heterocycles. The molecule has 0 amide bonds. The van der Waals surface area contributed by atoms with Crippen LogP contribution in [-0.2, 0) is 11.3 Å². The van der Waals surface area contributed by atoms with Crippen LogP contribution in [0.5, 0.6) is 0 Å². The molecule has 0 spiro atoms. The third-order valence-corrected chi connectivity index (χ3v) is 3.38. The molecule has 0 saturated heterocycles. The number of aromatic nitrogens is 1. The predicted octanol–water partition coefficient (Wildman–Crippen LogP) is 2.15.